The largest absolute Gasteiger partial charge is 0.428 e. The molecular weight excluding hydrogens is 154 g/mol. The van der Waals surface area contributed by atoms with Crippen molar-refractivity contribution in [2.45, 2.75) is 0 Å². The summed E-state index contributed by atoms with van der Waals surface area (Å²) in [5.74, 6) is 0.0444. The van der Waals surface area contributed by atoms with Crippen LogP contribution in [0.5, 0.6) is 0 Å². The first kappa shape index (κ1) is 6.68. The van der Waals surface area contributed by atoms with Crippen molar-refractivity contribution in [2.75, 3.05) is 5.73 Å². The smallest absolute Gasteiger partial charge is 0.301 e. The molecule has 0 bridgehead atoms. The first-order chi connectivity index (χ1) is 5.81. The Balaban J connectivity index is 2.85. The minimum absolute atomic E-state index is 0.0444. The van der Waals surface area contributed by atoms with Crippen LogP contribution in [0.15, 0.2) is 22.6 Å². The Morgan fingerprint density at radius 2 is 2.33 bits per heavy atom. The Bertz CT molecular complexity index is 467. The van der Waals surface area contributed by atoms with Crippen molar-refractivity contribution in [3.63, 3.8) is 0 Å². The molecule has 2 N–H and O–H groups in total. The minimum Gasteiger partial charge on any atom is -0.428 e. The first-order valence-corrected chi connectivity index (χ1v) is 3.36. The second-order valence-corrected chi connectivity index (χ2v) is 2.32. The van der Waals surface area contributed by atoms with Gasteiger partial charge in [0.2, 0.25) is 0 Å². The summed E-state index contributed by atoms with van der Waals surface area (Å²) in [5.41, 5.74) is 7.22. The lowest BCUT2D eigenvalue weighted by molar-refractivity contribution is 0.584. The van der Waals surface area contributed by atoms with Crippen LogP contribution in [0.2, 0.25) is 0 Å². The Kier molecular flexibility index (Phi) is 1.25. The van der Waals surface area contributed by atoms with Gasteiger partial charge in [-0.1, -0.05) is 6.07 Å². The van der Waals surface area contributed by atoms with Crippen LogP contribution in [0.1, 0.15) is 5.89 Å². The third-order valence-corrected chi connectivity index (χ3v) is 1.55. The zero-order valence-corrected chi connectivity index (χ0v) is 6.11. The van der Waals surface area contributed by atoms with E-state index in [1.165, 1.54) is 0 Å². The van der Waals surface area contributed by atoms with E-state index in [-0.39, 0.29) is 5.89 Å². The van der Waals surface area contributed by atoms with E-state index >= 15 is 0 Å². The van der Waals surface area contributed by atoms with Gasteiger partial charge in [-0.05, 0) is 12.1 Å². The fourth-order valence-corrected chi connectivity index (χ4v) is 1.02. The Hall–Kier alpha value is -2.02. The average Bonchev–Trinajstić information content (AvgIpc) is 2.49. The van der Waals surface area contributed by atoms with Gasteiger partial charge in [-0.15, -0.1) is 0 Å². The van der Waals surface area contributed by atoms with Gasteiger partial charge < -0.3 is 10.2 Å². The molecule has 2 aromatic rings. The highest BCUT2D eigenvalue weighted by molar-refractivity contribution is 5.85. The van der Waals surface area contributed by atoms with E-state index in [0.717, 1.165) is 0 Å². The number of oxazole rings is 1. The van der Waals surface area contributed by atoms with Gasteiger partial charge in [0, 0.05) is 0 Å². The van der Waals surface area contributed by atoms with E-state index in [0.29, 0.717) is 16.8 Å². The maximum atomic E-state index is 8.48. The molecule has 0 saturated carbocycles. The maximum absolute atomic E-state index is 8.48. The Morgan fingerprint density at radius 3 is 3.00 bits per heavy atom. The number of nitriles is 1. The van der Waals surface area contributed by atoms with Gasteiger partial charge in [-0.25, -0.2) is 0 Å². The van der Waals surface area contributed by atoms with E-state index in [2.05, 4.69) is 4.98 Å². The summed E-state index contributed by atoms with van der Waals surface area (Å²) >= 11 is 0. The summed E-state index contributed by atoms with van der Waals surface area (Å²) in [6.45, 7) is 0. The fourth-order valence-electron chi connectivity index (χ4n) is 1.02. The maximum Gasteiger partial charge on any atom is 0.301 e. The zero-order chi connectivity index (χ0) is 8.55. The zero-order valence-electron chi connectivity index (χ0n) is 6.11. The van der Waals surface area contributed by atoms with E-state index in [4.69, 9.17) is 15.4 Å². The van der Waals surface area contributed by atoms with E-state index in [1.807, 2.05) is 6.07 Å². The number of hydrogen-bond acceptors (Lipinski definition) is 4. The molecule has 2 rings (SSSR count). The van der Waals surface area contributed by atoms with Gasteiger partial charge in [0.05, 0.1) is 5.69 Å². The van der Waals surface area contributed by atoms with Gasteiger partial charge in [0.1, 0.15) is 5.52 Å². The third-order valence-electron chi connectivity index (χ3n) is 1.55. The molecule has 0 unspecified atom stereocenters. The number of hydrogen-bond donors (Lipinski definition) is 1. The molecule has 1 aromatic heterocycles. The molecule has 0 amide bonds. The van der Waals surface area contributed by atoms with Crippen LogP contribution in [0.3, 0.4) is 0 Å². The first-order valence-electron chi connectivity index (χ1n) is 3.36. The molecule has 4 nitrogen and oxygen atoms in total. The van der Waals surface area contributed by atoms with Gasteiger partial charge in [0.15, 0.2) is 11.7 Å². The highest BCUT2D eigenvalue weighted by Gasteiger charge is 2.05. The predicted octanol–water partition coefficient (Wildman–Crippen LogP) is 1.28. The monoisotopic (exact) mass is 159 g/mol. The van der Waals surface area contributed by atoms with Crippen LogP contribution < -0.4 is 5.73 Å². The second kappa shape index (κ2) is 2.24. The lowest BCUT2D eigenvalue weighted by Crippen LogP contribution is -1.84. The summed E-state index contributed by atoms with van der Waals surface area (Å²) in [4.78, 5) is 3.88. The number of nitrogen functional groups attached to an aromatic ring is 1. The Morgan fingerprint density at radius 1 is 1.50 bits per heavy atom. The molecule has 0 atom stereocenters. The molecule has 58 valence electrons. The van der Waals surface area contributed by atoms with Crippen molar-refractivity contribution in [3.8, 4) is 6.07 Å². The van der Waals surface area contributed by atoms with Crippen molar-refractivity contribution in [1.29, 1.82) is 5.26 Å². The van der Waals surface area contributed by atoms with Crippen LogP contribution in [0.25, 0.3) is 11.1 Å². The van der Waals surface area contributed by atoms with Gasteiger partial charge in [-0.3, -0.25) is 0 Å². The van der Waals surface area contributed by atoms with E-state index in [1.54, 1.807) is 18.2 Å². The lowest BCUT2D eigenvalue weighted by Gasteiger charge is -1.89. The number of nitrogens with zero attached hydrogens (tertiary/aromatic N) is 2. The fraction of sp³-hybridized carbons (Fsp3) is 0. The van der Waals surface area contributed by atoms with Crippen molar-refractivity contribution >= 4 is 16.8 Å². The normalized spacial score (nSPS) is 9.92. The van der Waals surface area contributed by atoms with Gasteiger partial charge in [0.25, 0.3) is 0 Å². The van der Waals surface area contributed by atoms with Gasteiger partial charge >= 0.3 is 5.89 Å². The molecule has 1 aromatic carbocycles. The van der Waals surface area contributed by atoms with Crippen LogP contribution in [-0.2, 0) is 0 Å². The van der Waals surface area contributed by atoms with E-state index in [9.17, 15) is 0 Å². The van der Waals surface area contributed by atoms with E-state index < -0.39 is 0 Å². The standard InChI is InChI=1S/C8H5N3O/c9-4-7-11-8-5(10)2-1-3-6(8)12-7/h1-3H,10H2. The van der Waals surface area contributed by atoms with Crippen LogP contribution in [0.4, 0.5) is 5.69 Å². The Labute approximate surface area is 68.2 Å². The third kappa shape index (κ3) is 0.805. The molecule has 0 saturated heterocycles. The number of benzene rings is 1. The van der Waals surface area contributed by atoms with Crippen molar-refractivity contribution in [2.24, 2.45) is 0 Å². The predicted molar refractivity (Wildman–Crippen MR) is 43.1 cm³/mol. The summed E-state index contributed by atoms with van der Waals surface area (Å²) in [6.07, 6.45) is 0. The van der Waals surface area contributed by atoms with Crippen LogP contribution in [-0.4, -0.2) is 4.98 Å². The highest BCUT2D eigenvalue weighted by atomic mass is 16.3. The summed E-state index contributed by atoms with van der Waals surface area (Å²) in [5, 5.41) is 8.48. The molecule has 0 aliphatic carbocycles. The quantitative estimate of drug-likeness (QED) is 0.587. The average molecular weight is 159 g/mol. The SMILES string of the molecule is N#Cc1nc2c(N)cccc2o1. The highest BCUT2D eigenvalue weighted by Crippen LogP contribution is 2.20. The van der Waals surface area contributed by atoms with Crippen molar-refractivity contribution < 1.29 is 4.42 Å². The van der Waals surface area contributed by atoms with Crippen molar-refractivity contribution in [1.82, 2.24) is 4.98 Å². The van der Waals surface area contributed by atoms with Crippen molar-refractivity contribution in [3.05, 3.63) is 24.1 Å². The summed E-state index contributed by atoms with van der Waals surface area (Å²) in [7, 11) is 0. The molecular formula is C8H5N3O. The molecule has 0 aliphatic rings. The molecule has 0 fully saturated rings. The number of fused-ring (bicyclic) bond motifs is 1. The second-order valence-electron chi connectivity index (χ2n) is 2.32. The van der Waals surface area contributed by atoms with Crippen LogP contribution >= 0.6 is 0 Å². The number of para-hydroxylation sites is 1. The lowest BCUT2D eigenvalue weighted by atomic mass is 10.3. The number of nitrogens with two attached hydrogens (primary N) is 1. The summed E-state index contributed by atoms with van der Waals surface area (Å²) in [6, 6.07) is 7.00. The number of anilines is 1. The molecule has 4 heteroatoms. The number of rotatable bonds is 0. The molecule has 0 spiro atoms. The number of aromatic nitrogens is 1. The molecule has 12 heavy (non-hydrogen) atoms. The summed E-state index contributed by atoms with van der Waals surface area (Å²) < 4.78 is 5.05. The minimum atomic E-state index is 0.0444. The molecule has 0 radical (unpaired) electrons. The molecule has 1 heterocycles. The van der Waals surface area contributed by atoms with Crippen LogP contribution in [0, 0.1) is 11.3 Å². The van der Waals surface area contributed by atoms with Gasteiger partial charge in [-0.2, -0.15) is 10.2 Å². The topological polar surface area (TPSA) is 75.8 Å². The molecule has 0 aliphatic heterocycles.